The monoisotopic (exact) mass is 804 g/mol. The standard InChI is InChI=1S/C60H40N2O/c1-2-17-41(18-3-1)47-20-6-11-28-55(47)61(44-37-33-42(34-38-44)46-19-4-5-22-49(46)53-26-16-27-54-52-25-10-15-32-59(52)63-60(53)54)45-39-35-43(36-40-45)48-21-7-12-29-56(48)62-57-30-13-8-23-50(57)51-24-9-14-31-58(51)62/h1-40H. The van der Waals surface area contributed by atoms with Crippen LogP contribution in [0.5, 0.6) is 0 Å². The molecule has 2 heterocycles. The van der Waals surface area contributed by atoms with Crippen LogP contribution in [0, 0.1) is 0 Å². The summed E-state index contributed by atoms with van der Waals surface area (Å²) in [5, 5.41) is 4.77. The number of fused-ring (bicyclic) bond motifs is 6. The van der Waals surface area contributed by atoms with Gasteiger partial charge in [-0.05, 0) is 82.4 Å². The molecular formula is C60H40N2O. The molecule has 0 aliphatic carbocycles. The van der Waals surface area contributed by atoms with E-state index < -0.39 is 0 Å². The number of benzene rings is 10. The number of hydrogen-bond donors (Lipinski definition) is 0. The lowest BCUT2D eigenvalue weighted by Crippen LogP contribution is -2.11. The van der Waals surface area contributed by atoms with Gasteiger partial charge in [-0.15, -0.1) is 0 Å². The fourth-order valence-corrected chi connectivity index (χ4v) is 9.56. The Bertz CT molecular complexity index is 3560. The summed E-state index contributed by atoms with van der Waals surface area (Å²) in [6.07, 6.45) is 0. The van der Waals surface area contributed by atoms with Gasteiger partial charge in [-0.3, -0.25) is 0 Å². The van der Waals surface area contributed by atoms with Crippen molar-refractivity contribution in [1.29, 1.82) is 0 Å². The molecule has 3 heteroatoms. The molecule has 0 saturated heterocycles. The smallest absolute Gasteiger partial charge is 0.143 e. The lowest BCUT2D eigenvalue weighted by atomic mass is 9.93. The van der Waals surface area contributed by atoms with E-state index >= 15 is 0 Å². The summed E-state index contributed by atoms with van der Waals surface area (Å²) in [7, 11) is 0. The lowest BCUT2D eigenvalue weighted by Gasteiger charge is -2.28. The molecular weight excluding hydrogens is 765 g/mol. The van der Waals surface area contributed by atoms with Gasteiger partial charge in [0.2, 0.25) is 0 Å². The Morgan fingerprint density at radius 2 is 0.778 bits per heavy atom. The van der Waals surface area contributed by atoms with E-state index in [1.807, 2.05) is 12.1 Å². The van der Waals surface area contributed by atoms with Gasteiger partial charge in [0, 0.05) is 49.6 Å². The molecule has 0 saturated carbocycles. The highest BCUT2D eigenvalue weighted by Gasteiger charge is 2.20. The number of rotatable bonds is 8. The molecule has 63 heavy (non-hydrogen) atoms. The van der Waals surface area contributed by atoms with E-state index in [9.17, 15) is 0 Å². The third-order valence-corrected chi connectivity index (χ3v) is 12.4. The SMILES string of the molecule is c1ccc(-c2ccccc2N(c2ccc(-c3ccccc3-c3cccc4c3oc3ccccc34)cc2)c2ccc(-c3ccccc3-n3c4ccccc4c4ccccc43)cc2)cc1. The van der Waals surface area contributed by atoms with Gasteiger partial charge in [0.15, 0.2) is 0 Å². The minimum Gasteiger partial charge on any atom is -0.455 e. The number of nitrogens with zero attached hydrogens (tertiary/aromatic N) is 2. The molecule has 0 radical (unpaired) electrons. The largest absolute Gasteiger partial charge is 0.455 e. The highest BCUT2D eigenvalue weighted by molar-refractivity contribution is 6.11. The molecule has 0 unspecified atom stereocenters. The van der Waals surface area contributed by atoms with Gasteiger partial charge >= 0.3 is 0 Å². The maximum Gasteiger partial charge on any atom is 0.143 e. The van der Waals surface area contributed by atoms with Crippen LogP contribution >= 0.6 is 0 Å². The molecule has 0 aliphatic heterocycles. The summed E-state index contributed by atoms with van der Waals surface area (Å²) in [6, 6.07) is 87.0. The molecule has 12 aromatic rings. The topological polar surface area (TPSA) is 21.3 Å². The van der Waals surface area contributed by atoms with Crippen LogP contribution in [0.15, 0.2) is 247 Å². The van der Waals surface area contributed by atoms with Crippen molar-refractivity contribution < 1.29 is 4.42 Å². The molecule has 3 nitrogen and oxygen atoms in total. The zero-order valence-corrected chi connectivity index (χ0v) is 34.4. The van der Waals surface area contributed by atoms with Crippen LogP contribution in [-0.4, -0.2) is 4.57 Å². The third-order valence-electron chi connectivity index (χ3n) is 12.4. The maximum absolute atomic E-state index is 6.51. The number of hydrogen-bond acceptors (Lipinski definition) is 2. The van der Waals surface area contributed by atoms with Crippen molar-refractivity contribution in [2.75, 3.05) is 4.90 Å². The zero-order chi connectivity index (χ0) is 41.7. The summed E-state index contributed by atoms with van der Waals surface area (Å²) in [4.78, 5) is 2.38. The molecule has 0 atom stereocenters. The van der Waals surface area contributed by atoms with Gasteiger partial charge in [-0.1, -0.05) is 188 Å². The Labute approximate surface area is 366 Å². The average molecular weight is 805 g/mol. The van der Waals surface area contributed by atoms with Crippen molar-refractivity contribution in [2.24, 2.45) is 0 Å². The Morgan fingerprint density at radius 3 is 1.48 bits per heavy atom. The number of anilines is 3. The fourth-order valence-electron chi connectivity index (χ4n) is 9.56. The number of furan rings is 1. The van der Waals surface area contributed by atoms with Gasteiger partial charge in [-0.2, -0.15) is 0 Å². The normalized spacial score (nSPS) is 11.5. The van der Waals surface area contributed by atoms with Gasteiger partial charge < -0.3 is 13.9 Å². The van der Waals surface area contributed by atoms with E-state index in [2.05, 4.69) is 240 Å². The second-order valence-corrected chi connectivity index (χ2v) is 16.0. The van der Waals surface area contributed by atoms with Crippen molar-refractivity contribution in [3.63, 3.8) is 0 Å². The first kappa shape index (κ1) is 36.5. The van der Waals surface area contributed by atoms with Crippen molar-refractivity contribution in [3.05, 3.63) is 243 Å². The number of para-hydroxylation sites is 6. The molecule has 0 spiro atoms. The summed E-state index contributed by atoms with van der Waals surface area (Å²) in [5.41, 5.74) is 17.8. The van der Waals surface area contributed by atoms with E-state index in [-0.39, 0.29) is 0 Å². The van der Waals surface area contributed by atoms with E-state index in [1.54, 1.807) is 0 Å². The first-order valence-electron chi connectivity index (χ1n) is 21.5. The quantitative estimate of drug-likeness (QED) is 0.153. The second-order valence-electron chi connectivity index (χ2n) is 16.0. The first-order valence-corrected chi connectivity index (χ1v) is 21.5. The van der Waals surface area contributed by atoms with E-state index in [1.165, 1.54) is 32.9 Å². The molecule has 2 aromatic heterocycles. The maximum atomic E-state index is 6.51. The molecule has 10 aromatic carbocycles. The third kappa shape index (κ3) is 6.21. The van der Waals surface area contributed by atoms with Crippen LogP contribution in [0.2, 0.25) is 0 Å². The summed E-state index contributed by atoms with van der Waals surface area (Å²) in [5.74, 6) is 0. The molecule has 12 rings (SSSR count). The Kier molecular flexibility index (Phi) is 8.83. The van der Waals surface area contributed by atoms with Crippen LogP contribution in [0.4, 0.5) is 17.1 Å². The van der Waals surface area contributed by atoms with Crippen LogP contribution in [0.25, 0.3) is 93.9 Å². The lowest BCUT2D eigenvalue weighted by molar-refractivity contribution is 0.670. The summed E-state index contributed by atoms with van der Waals surface area (Å²) >= 11 is 0. The van der Waals surface area contributed by atoms with Crippen LogP contribution in [-0.2, 0) is 0 Å². The Morgan fingerprint density at radius 1 is 0.302 bits per heavy atom. The minimum atomic E-state index is 0.901. The highest BCUT2D eigenvalue weighted by atomic mass is 16.3. The Balaban J connectivity index is 0.970. The summed E-state index contributed by atoms with van der Waals surface area (Å²) < 4.78 is 8.92. The second kappa shape index (κ2) is 15.3. The molecule has 0 amide bonds. The predicted molar refractivity (Wildman–Crippen MR) is 264 cm³/mol. The van der Waals surface area contributed by atoms with Gasteiger partial charge in [0.05, 0.1) is 22.4 Å². The van der Waals surface area contributed by atoms with Crippen LogP contribution < -0.4 is 4.90 Å². The van der Waals surface area contributed by atoms with Crippen LogP contribution in [0.3, 0.4) is 0 Å². The van der Waals surface area contributed by atoms with Crippen molar-refractivity contribution >= 4 is 60.8 Å². The van der Waals surface area contributed by atoms with Gasteiger partial charge in [0.25, 0.3) is 0 Å². The minimum absolute atomic E-state index is 0.901. The predicted octanol–water partition coefficient (Wildman–Crippen LogP) is 16.8. The first-order chi connectivity index (χ1) is 31.3. The average Bonchev–Trinajstić information content (AvgIpc) is 3.91. The van der Waals surface area contributed by atoms with Gasteiger partial charge in [0.1, 0.15) is 11.2 Å². The Hall–Kier alpha value is -8.40. The van der Waals surface area contributed by atoms with Crippen LogP contribution in [0.1, 0.15) is 0 Å². The highest BCUT2D eigenvalue weighted by Crippen LogP contribution is 2.44. The van der Waals surface area contributed by atoms with Crippen molar-refractivity contribution in [3.8, 4) is 50.2 Å². The van der Waals surface area contributed by atoms with E-state index in [0.717, 1.165) is 78.1 Å². The molecule has 0 N–H and O–H groups in total. The van der Waals surface area contributed by atoms with Gasteiger partial charge in [-0.25, -0.2) is 0 Å². The zero-order valence-electron chi connectivity index (χ0n) is 34.4. The molecule has 0 fully saturated rings. The molecule has 0 aliphatic rings. The van der Waals surface area contributed by atoms with E-state index in [4.69, 9.17) is 4.42 Å². The number of aromatic nitrogens is 1. The van der Waals surface area contributed by atoms with Crippen molar-refractivity contribution in [1.82, 2.24) is 4.57 Å². The molecule has 0 bridgehead atoms. The fraction of sp³-hybridized carbons (Fsp3) is 0. The van der Waals surface area contributed by atoms with E-state index in [0.29, 0.717) is 0 Å². The van der Waals surface area contributed by atoms with Crippen molar-refractivity contribution in [2.45, 2.75) is 0 Å². The summed E-state index contributed by atoms with van der Waals surface area (Å²) in [6.45, 7) is 0. The molecule has 296 valence electrons.